The average molecular weight is 579 g/mol. The van der Waals surface area contributed by atoms with Crippen LogP contribution in [-0.2, 0) is 16.1 Å². The number of aliphatic carboxylic acids is 1. The number of carboxylic acid groups (broad SMARTS) is 1. The molecule has 3 aromatic rings. The van der Waals surface area contributed by atoms with E-state index in [9.17, 15) is 14.7 Å². The van der Waals surface area contributed by atoms with Crippen LogP contribution in [0, 0.1) is 25.7 Å². The maximum Gasteiger partial charge on any atom is 0.415 e. The van der Waals surface area contributed by atoms with Gasteiger partial charge in [0.2, 0.25) is 5.89 Å². The molecule has 3 atom stereocenters. The molecule has 1 amide bonds. The van der Waals surface area contributed by atoms with Crippen molar-refractivity contribution in [3.8, 4) is 23.0 Å². The number of benzene rings is 2. The van der Waals surface area contributed by atoms with Gasteiger partial charge < -0.3 is 23.7 Å². The summed E-state index contributed by atoms with van der Waals surface area (Å²) in [7, 11) is 1.56. The van der Waals surface area contributed by atoms with E-state index in [1.54, 1.807) is 45.2 Å². The number of amides is 1. The molecule has 0 aliphatic heterocycles. The smallest absolute Gasteiger partial charge is 0.415 e. The number of carbonyl (C=O) groups excluding carboxylic acids is 1. The fourth-order valence-corrected chi connectivity index (χ4v) is 5.56. The van der Waals surface area contributed by atoms with Crippen molar-refractivity contribution in [1.82, 2.24) is 9.88 Å². The second kappa shape index (κ2) is 14.4. The molecular weight excluding hydrogens is 536 g/mol. The third-order valence-corrected chi connectivity index (χ3v) is 7.85. The van der Waals surface area contributed by atoms with Crippen molar-refractivity contribution in [3.63, 3.8) is 0 Å². The van der Waals surface area contributed by atoms with Gasteiger partial charge in [-0.2, -0.15) is 0 Å². The van der Waals surface area contributed by atoms with Crippen molar-refractivity contribution in [1.29, 1.82) is 0 Å². The predicted molar refractivity (Wildman–Crippen MR) is 159 cm³/mol. The van der Waals surface area contributed by atoms with Crippen molar-refractivity contribution in [3.05, 3.63) is 65.5 Å². The summed E-state index contributed by atoms with van der Waals surface area (Å²) in [5.74, 6) is 1.27. The molecule has 1 fully saturated rings. The molecule has 2 aromatic carbocycles. The molecule has 1 heterocycles. The van der Waals surface area contributed by atoms with Gasteiger partial charge in [-0.25, -0.2) is 14.6 Å². The Morgan fingerprint density at radius 2 is 1.83 bits per heavy atom. The van der Waals surface area contributed by atoms with E-state index in [4.69, 9.17) is 18.6 Å². The van der Waals surface area contributed by atoms with Gasteiger partial charge in [0.1, 0.15) is 29.0 Å². The van der Waals surface area contributed by atoms with Gasteiger partial charge in [-0.3, -0.25) is 4.90 Å². The van der Waals surface area contributed by atoms with E-state index in [1.807, 2.05) is 38.1 Å². The summed E-state index contributed by atoms with van der Waals surface area (Å²) < 4.78 is 23.0. The largest absolute Gasteiger partial charge is 0.497 e. The molecule has 42 heavy (non-hydrogen) atoms. The summed E-state index contributed by atoms with van der Waals surface area (Å²) in [5, 5.41) is 9.97. The van der Waals surface area contributed by atoms with E-state index in [-0.39, 0.29) is 18.6 Å². The highest BCUT2D eigenvalue weighted by Crippen LogP contribution is 2.31. The molecule has 0 spiro atoms. The van der Waals surface area contributed by atoms with Gasteiger partial charge in [-0.1, -0.05) is 44.4 Å². The number of methoxy groups -OCH3 is 1. The number of carboxylic acids is 1. The molecule has 1 aliphatic carbocycles. The Kier molecular flexibility index (Phi) is 10.6. The summed E-state index contributed by atoms with van der Waals surface area (Å²) in [6.45, 7) is 8.19. The first-order valence-corrected chi connectivity index (χ1v) is 14.6. The highest BCUT2D eigenvalue weighted by atomic mass is 16.6. The van der Waals surface area contributed by atoms with Crippen LogP contribution >= 0.6 is 0 Å². The van der Waals surface area contributed by atoms with Crippen LogP contribution in [0.5, 0.6) is 11.5 Å². The zero-order valence-corrected chi connectivity index (χ0v) is 25.2. The van der Waals surface area contributed by atoms with Crippen LogP contribution in [0.3, 0.4) is 0 Å². The summed E-state index contributed by atoms with van der Waals surface area (Å²) in [4.78, 5) is 31.5. The Bertz CT molecular complexity index is 1330. The fraction of sp³-hybridized carbons (Fsp3) is 0.485. The van der Waals surface area contributed by atoms with E-state index >= 15 is 0 Å². The van der Waals surface area contributed by atoms with Crippen LogP contribution in [0.2, 0.25) is 0 Å². The van der Waals surface area contributed by atoms with Gasteiger partial charge in [0.05, 0.1) is 19.8 Å². The first-order valence-electron chi connectivity index (χ1n) is 14.6. The molecule has 4 rings (SSSR count). The van der Waals surface area contributed by atoms with Gasteiger partial charge in [-0.05, 0) is 81.3 Å². The van der Waals surface area contributed by atoms with E-state index < -0.39 is 18.1 Å². The molecule has 1 aliphatic rings. The molecule has 0 saturated heterocycles. The lowest BCUT2D eigenvalue weighted by Crippen LogP contribution is -2.50. The maximum absolute atomic E-state index is 13.2. The molecule has 1 saturated carbocycles. The molecule has 0 radical (unpaired) electrons. The van der Waals surface area contributed by atoms with Crippen LogP contribution < -0.4 is 9.47 Å². The van der Waals surface area contributed by atoms with Gasteiger partial charge >= 0.3 is 12.1 Å². The predicted octanol–water partition coefficient (Wildman–Crippen LogP) is 7.04. The second-order valence-corrected chi connectivity index (χ2v) is 11.4. The lowest BCUT2D eigenvalue weighted by Gasteiger charge is -2.34. The van der Waals surface area contributed by atoms with Crippen molar-refractivity contribution in [2.75, 3.05) is 13.7 Å². The zero-order valence-electron chi connectivity index (χ0n) is 25.2. The lowest BCUT2D eigenvalue weighted by atomic mass is 9.84. The highest BCUT2D eigenvalue weighted by Gasteiger charge is 2.34. The molecule has 9 nitrogen and oxygen atoms in total. The average Bonchev–Trinajstić information content (AvgIpc) is 3.34. The van der Waals surface area contributed by atoms with E-state index in [2.05, 4.69) is 4.98 Å². The molecule has 0 bridgehead atoms. The number of hydrogen-bond donors (Lipinski definition) is 1. The van der Waals surface area contributed by atoms with Gasteiger partial charge in [0.15, 0.2) is 0 Å². The minimum atomic E-state index is -1.05. The second-order valence-electron chi connectivity index (χ2n) is 11.4. The minimum Gasteiger partial charge on any atom is -0.497 e. The number of hydrogen-bond acceptors (Lipinski definition) is 7. The number of carbonyl (C=O) groups is 2. The van der Waals surface area contributed by atoms with E-state index in [0.29, 0.717) is 36.3 Å². The van der Waals surface area contributed by atoms with Gasteiger partial charge in [0.25, 0.3) is 0 Å². The summed E-state index contributed by atoms with van der Waals surface area (Å²) in [5.41, 5.74) is 2.88. The lowest BCUT2D eigenvalue weighted by molar-refractivity contribution is -0.144. The standard InChI is InChI=1S/C33H42N2O7/c1-21(2)30(32(36)37)35(33(38)42-27-14-12-26(39-5)13-15-27)17-16-24-9-7-11-28(19-24)40-20-29-23(4)41-31(34-29)25-10-6-8-22(3)18-25/h6,8,10,12-15,18,21,24,28,30H,7,9,11,16-17,19-20H2,1-5H3,(H,36,37)/t24?,28?,30-/m0/s1. The number of oxazole rings is 1. The fourth-order valence-electron chi connectivity index (χ4n) is 5.56. The summed E-state index contributed by atoms with van der Waals surface area (Å²) >= 11 is 0. The topological polar surface area (TPSA) is 111 Å². The number of aryl methyl sites for hydroxylation is 2. The molecule has 1 N–H and O–H groups in total. The minimum absolute atomic E-state index is 0.0577. The van der Waals surface area contributed by atoms with Crippen molar-refractivity contribution >= 4 is 12.1 Å². The molecule has 226 valence electrons. The number of ether oxygens (including phenoxy) is 3. The van der Waals surface area contributed by atoms with Crippen LogP contribution in [0.15, 0.2) is 52.9 Å². The van der Waals surface area contributed by atoms with Crippen LogP contribution in [0.4, 0.5) is 4.79 Å². The van der Waals surface area contributed by atoms with Crippen molar-refractivity contribution < 1.29 is 33.3 Å². The van der Waals surface area contributed by atoms with Gasteiger partial charge in [-0.15, -0.1) is 0 Å². The maximum atomic E-state index is 13.2. The van der Waals surface area contributed by atoms with Crippen LogP contribution in [0.25, 0.3) is 11.5 Å². The molecule has 1 aromatic heterocycles. The Morgan fingerprint density at radius 1 is 1.10 bits per heavy atom. The van der Waals surface area contributed by atoms with Crippen LogP contribution in [-0.4, -0.2) is 52.9 Å². The summed E-state index contributed by atoms with van der Waals surface area (Å²) in [6, 6.07) is 13.7. The van der Waals surface area contributed by atoms with Crippen LogP contribution in [0.1, 0.15) is 63.0 Å². The number of rotatable bonds is 12. The quantitative estimate of drug-likeness (QED) is 0.244. The number of nitrogens with zero attached hydrogens (tertiary/aromatic N) is 2. The van der Waals surface area contributed by atoms with Gasteiger partial charge in [0, 0.05) is 12.1 Å². The van der Waals surface area contributed by atoms with Crippen molar-refractivity contribution in [2.24, 2.45) is 11.8 Å². The Labute approximate surface area is 247 Å². The Morgan fingerprint density at radius 3 is 2.50 bits per heavy atom. The summed E-state index contributed by atoms with van der Waals surface area (Å²) in [6.07, 6.45) is 3.84. The highest BCUT2D eigenvalue weighted by molar-refractivity contribution is 5.81. The van der Waals surface area contributed by atoms with E-state index in [1.165, 1.54) is 4.90 Å². The molecule has 9 heteroatoms. The third kappa shape index (κ3) is 8.12. The Hall–Kier alpha value is -3.85. The first-order chi connectivity index (χ1) is 20.1. The monoisotopic (exact) mass is 578 g/mol. The number of aromatic nitrogens is 1. The zero-order chi connectivity index (χ0) is 30.2. The SMILES string of the molecule is COc1ccc(OC(=O)N(CCC2CCCC(OCc3nc(-c4cccc(C)c4)oc3C)C2)[C@H](C(=O)O)C(C)C)cc1. The van der Waals surface area contributed by atoms with E-state index in [0.717, 1.165) is 48.3 Å². The molecular formula is C33H42N2O7. The normalized spacial score (nSPS) is 17.6. The third-order valence-electron chi connectivity index (χ3n) is 7.85. The molecule has 2 unspecified atom stereocenters. The van der Waals surface area contributed by atoms with Crippen molar-refractivity contribution in [2.45, 2.75) is 78.6 Å². The Balaban J connectivity index is 1.36. The first kappa shape index (κ1) is 31.1.